The zero-order chi connectivity index (χ0) is 12.1. The molecule has 0 fully saturated rings. The van der Waals surface area contributed by atoms with Gasteiger partial charge in [-0.15, -0.1) is 0 Å². The third kappa shape index (κ3) is 4.60. The van der Waals surface area contributed by atoms with Crippen LogP contribution < -0.4 is 4.72 Å². The van der Waals surface area contributed by atoms with Crippen LogP contribution in [0.5, 0.6) is 0 Å². The molecule has 0 bridgehead atoms. The van der Waals surface area contributed by atoms with Crippen molar-refractivity contribution >= 4 is 10.0 Å². The summed E-state index contributed by atoms with van der Waals surface area (Å²) in [5.74, 6) is 0.0813. The van der Waals surface area contributed by atoms with E-state index in [-0.39, 0.29) is 18.6 Å². The van der Waals surface area contributed by atoms with Crippen LogP contribution in [0.1, 0.15) is 27.2 Å². The van der Waals surface area contributed by atoms with Crippen molar-refractivity contribution < 1.29 is 13.5 Å². The fraction of sp³-hybridized carbons (Fsp3) is 0.889. The van der Waals surface area contributed by atoms with Crippen LogP contribution >= 0.6 is 0 Å². The zero-order valence-corrected chi connectivity index (χ0v) is 10.1. The molecular formula is C9H18N2O3S. The van der Waals surface area contributed by atoms with Gasteiger partial charge in [-0.3, -0.25) is 0 Å². The van der Waals surface area contributed by atoms with Crippen molar-refractivity contribution in [3.63, 3.8) is 0 Å². The maximum Gasteiger partial charge on any atom is 0.227 e. The predicted molar refractivity (Wildman–Crippen MR) is 57.5 cm³/mol. The van der Waals surface area contributed by atoms with Crippen molar-refractivity contribution in [2.75, 3.05) is 6.61 Å². The monoisotopic (exact) mass is 234 g/mol. The van der Waals surface area contributed by atoms with Crippen LogP contribution in [0.4, 0.5) is 0 Å². The highest BCUT2D eigenvalue weighted by atomic mass is 32.2. The van der Waals surface area contributed by atoms with Crippen LogP contribution in [0.15, 0.2) is 0 Å². The van der Waals surface area contributed by atoms with E-state index in [1.165, 1.54) is 6.92 Å². The molecule has 0 aliphatic rings. The minimum Gasteiger partial charge on any atom is -0.396 e. The molecule has 0 saturated heterocycles. The standard InChI is InChI=1S/C9H18N2O3S/c1-7(2)9(4-5-12)11-15(13,14)8(3)6-10/h7-9,11-12H,4-5H2,1-3H3. The lowest BCUT2D eigenvalue weighted by molar-refractivity contribution is 0.255. The highest BCUT2D eigenvalue weighted by Crippen LogP contribution is 2.09. The summed E-state index contributed by atoms with van der Waals surface area (Å²) < 4.78 is 25.5. The first kappa shape index (κ1) is 14.4. The summed E-state index contributed by atoms with van der Waals surface area (Å²) in [6, 6.07) is 1.36. The first-order chi connectivity index (χ1) is 6.85. The molecule has 0 spiro atoms. The highest BCUT2D eigenvalue weighted by Gasteiger charge is 2.25. The lowest BCUT2D eigenvalue weighted by Crippen LogP contribution is -2.42. The van der Waals surface area contributed by atoms with Gasteiger partial charge in [-0.05, 0) is 19.3 Å². The second-order valence-corrected chi connectivity index (χ2v) is 5.83. The fourth-order valence-electron chi connectivity index (χ4n) is 1.05. The van der Waals surface area contributed by atoms with Gasteiger partial charge in [0.15, 0.2) is 5.25 Å². The molecule has 2 N–H and O–H groups in total. The minimum atomic E-state index is -3.60. The molecule has 5 nitrogen and oxygen atoms in total. The number of rotatable bonds is 6. The van der Waals surface area contributed by atoms with E-state index in [4.69, 9.17) is 10.4 Å². The molecule has 0 aliphatic heterocycles. The Kier molecular flexibility index (Phi) is 5.80. The second kappa shape index (κ2) is 6.05. The summed E-state index contributed by atoms with van der Waals surface area (Å²) in [6.45, 7) is 4.98. The van der Waals surface area contributed by atoms with Gasteiger partial charge in [-0.1, -0.05) is 13.8 Å². The molecule has 0 aliphatic carbocycles. The molecular weight excluding hydrogens is 216 g/mol. The first-order valence-electron chi connectivity index (χ1n) is 4.86. The van der Waals surface area contributed by atoms with E-state index >= 15 is 0 Å². The van der Waals surface area contributed by atoms with Gasteiger partial charge in [-0.25, -0.2) is 13.1 Å². The maximum atomic E-state index is 11.5. The van der Waals surface area contributed by atoms with Crippen molar-refractivity contribution in [1.82, 2.24) is 4.72 Å². The summed E-state index contributed by atoms with van der Waals surface area (Å²) in [7, 11) is -3.60. The lowest BCUT2D eigenvalue weighted by atomic mass is 10.0. The predicted octanol–water partition coefficient (Wildman–Crippen LogP) is 0.225. The van der Waals surface area contributed by atoms with Crippen molar-refractivity contribution in [3.05, 3.63) is 0 Å². The van der Waals surface area contributed by atoms with Gasteiger partial charge in [-0.2, -0.15) is 5.26 Å². The number of sulfonamides is 1. The number of aliphatic hydroxyl groups is 1. The van der Waals surface area contributed by atoms with Crippen LogP contribution in [-0.4, -0.2) is 31.4 Å². The Hall–Kier alpha value is -0.640. The van der Waals surface area contributed by atoms with E-state index in [0.29, 0.717) is 6.42 Å². The molecule has 0 radical (unpaired) electrons. The second-order valence-electron chi connectivity index (χ2n) is 3.80. The van der Waals surface area contributed by atoms with Crippen LogP contribution in [0.2, 0.25) is 0 Å². The van der Waals surface area contributed by atoms with E-state index < -0.39 is 15.3 Å². The van der Waals surface area contributed by atoms with Gasteiger partial charge in [0.25, 0.3) is 0 Å². The van der Waals surface area contributed by atoms with Crippen molar-refractivity contribution in [1.29, 1.82) is 5.26 Å². The molecule has 6 heteroatoms. The topological polar surface area (TPSA) is 90.2 Å². The number of hydrogen-bond donors (Lipinski definition) is 2. The average molecular weight is 234 g/mol. The SMILES string of the molecule is CC(C)C(CCO)NS(=O)(=O)C(C)C#N. The molecule has 2 unspecified atom stereocenters. The Balaban J connectivity index is 4.61. The van der Waals surface area contributed by atoms with Gasteiger partial charge < -0.3 is 5.11 Å². The molecule has 0 aromatic carbocycles. The van der Waals surface area contributed by atoms with Gasteiger partial charge in [0.1, 0.15) is 0 Å². The van der Waals surface area contributed by atoms with E-state index in [9.17, 15) is 8.42 Å². The van der Waals surface area contributed by atoms with Crippen molar-refractivity contribution in [2.24, 2.45) is 5.92 Å². The third-order valence-corrected chi connectivity index (χ3v) is 3.88. The molecule has 15 heavy (non-hydrogen) atoms. The highest BCUT2D eigenvalue weighted by molar-refractivity contribution is 7.90. The quantitative estimate of drug-likeness (QED) is 0.688. The molecule has 0 aromatic heterocycles. The van der Waals surface area contributed by atoms with Crippen LogP contribution in [0, 0.1) is 17.2 Å². The number of aliphatic hydroxyl groups excluding tert-OH is 1. The normalized spacial score (nSPS) is 16.0. The average Bonchev–Trinajstić information content (AvgIpc) is 2.15. The number of nitriles is 1. The van der Waals surface area contributed by atoms with Crippen molar-refractivity contribution in [2.45, 2.75) is 38.5 Å². The Morgan fingerprint density at radius 1 is 1.40 bits per heavy atom. The summed E-state index contributed by atoms with van der Waals surface area (Å²) in [5.41, 5.74) is 0. The minimum absolute atomic E-state index is 0.0771. The molecule has 0 amide bonds. The fourth-order valence-corrected chi connectivity index (χ4v) is 2.20. The van der Waals surface area contributed by atoms with Gasteiger partial charge in [0.05, 0.1) is 6.07 Å². The van der Waals surface area contributed by atoms with Gasteiger partial charge in [0, 0.05) is 12.6 Å². The Morgan fingerprint density at radius 2 is 1.93 bits per heavy atom. The van der Waals surface area contributed by atoms with Gasteiger partial charge in [0.2, 0.25) is 10.0 Å². The van der Waals surface area contributed by atoms with Crippen LogP contribution in [-0.2, 0) is 10.0 Å². The molecule has 2 atom stereocenters. The summed E-state index contributed by atoms with van der Waals surface area (Å²) in [5, 5.41) is 16.2. The summed E-state index contributed by atoms with van der Waals surface area (Å²) in [4.78, 5) is 0. The van der Waals surface area contributed by atoms with Gasteiger partial charge >= 0.3 is 0 Å². The largest absolute Gasteiger partial charge is 0.396 e. The first-order valence-corrected chi connectivity index (χ1v) is 6.41. The van der Waals surface area contributed by atoms with E-state index in [0.717, 1.165) is 0 Å². The molecule has 0 saturated carbocycles. The molecule has 0 rings (SSSR count). The zero-order valence-electron chi connectivity index (χ0n) is 9.27. The molecule has 0 heterocycles. The Bertz CT molecular complexity index is 319. The lowest BCUT2D eigenvalue weighted by Gasteiger charge is -2.21. The number of nitrogens with zero attached hydrogens (tertiary/aromatic N) is 1. The van der Waals surface area contributed by atoms with Crippen LogP contribution in [0.3, 0.4) is 0 Å². The summed E-state index contributed by atoms with van der Waals surface area (Å²) in [6.07, 6.45) is 0.356. The number of nitrogens with one attached hydrogen (secondary N) is 1. The Morgan fingerprint density at radius 3 is 2.27 bits per heavy atom. The van der Waals surface area contributed by atoms with Crippen LogP contribution in [0.25, 0.3) is 0 Å². The maximum absolute atomic E-state index is 11.5. The third-order valence-electron chi connectivity index (χ3n) is 2.21. The van der Waals surface area contributed by atoms with E-state index in [2.05, 4.69) is 4.72 Å². The summed E-state index contributed by atoms with van der Waals surface area (Å²) >= 11 is 0. The number of hydrogen-bond acceptors (Lipinski definition) is 4. The molecule has 88 valence electrons. The van der Waals surface area contributed by atoms with E-state index in [1.54, 1.807) is 6.07 Å². The van der Waals surface area contributed by atoms with E-state index in [1.807, 2.05) is 13.8 Å². The Labute approximate surface area is 91.2 Å². The molecule has 0 aromatic rings. The van der Waals surface area contributed by atoms with Crippen molar-refractivity contribution in [3.8, 4) is 6.07 Å². The smallest absolute Gasteiger partial charge is 0.227 e.